The molecule has 0 saturated carbocycles. The molecule has 3 rings (SSSR count). The molecule has 0 spiro atoms. The molecule has 0 aliphatic heterocycles. The third kappa shape index (κ3) is 7.25. The molecule has 2 aromatic carbocycles. The van der Waals surface area contributed by atoms with Gasteiger partial charge in [0.15, 0.2) is 5.82 Å². The second-order valence-electron chi connectivity index (χ2n) is 8.59. The zero-order chi connectivity index (χ0) is 24.2. The number of nitriles is 1. The molecule has 0 amide bonds. The van der Waals surface area contributed by atoms with Crippen molar-refractivity contribution >= 4 is 5.97 Å². The predicted molar refractivity (Wildman–Crippen MR) is 135 cm³/mol. The smallest absolute Gasteiger partial charge is 0.343 e. The van der Waals surface area contributed by atoms with Crippen LogP contribution in [0.15, 0.2) is 54.9 Å². The van der Waals surface area contributed by atoms with E-state index in [9.17, 15) is 10.1 Å². The van der Waals surface area contributed by atoms with E-state index in [1.807, 2.05) is 36.7 Å². The monoisotopic (exact) mass is 455 g/mol. The molecule has 5 heteroatoms. The number of hydrogen-bond donors (Lipinski definition) is 0. The van der Waals surface area contributed by atoms with Gasteiger partial charge >= 0.3 is 5.97 Å². The lowest BCUT2D eigenvalue weighted by Gasteiger charge is -2.09. The third-order valence-corrected chi connectivity index (χ3v) is 5.84. The van der Waals surface area contributed by atoms with E-state index in [4.69, 9.17) is 4.74 Å². The van der Waals surface area contributed by atoms with Crippen molar-refractivity contribution in [2.75, 3.05) is 0 Å². The lowest BCUT2D eigenvalue weighted by Crippen LogP contribution is -2.09. The van der Waals surface area contributed by atoms with Gasteiger partial charge in [0.05, 0.1) is 11.1 Å². The van der Waals surface area contributed by atoms with E-state index in [0.29, 0.717) is 17.0 Å². The van der Waals surface area contributed by atoms with Crippen LogP contribution < -0.4 is 4.74 Å². The van der Waals surface area contributed by atoms with Crippen molar-refractivity contribution in [1.82, 2.24) is 9.97 Å². The lowest BCUT2D eigenvalue weighted by atomic mass is 10.0. The summed E-state index contributed by atoms with van der Waals surface area (Å²) in [7, 11) is 0. The number of rotatable bonds is 12. The highest BCUT2D eigenvalue weighted by atomic mass is 16.5. The number of carbonyl (C=O) groups is 1. The number of unbranched alkanes of at least 4 members (excludes halogenated alkanes) is 5. The Labute approximate surface area is 202 Å². The summed E-state index contributed by atoms with van der Waals surface area (Å²) >= 11 is 0. The summed E-state index contributed by atoms with van der Waals surface area (Å²) in [6, 6.07) is 14.6. The third-order valence-electron chi connectivity index (χ3n) is 5.84. The van der Waals surface area contributed by atoms with Crippen molar-refractivity contribution in [2.45, 2.75) is 71.6 Å². The van der Waals surface area contributed by atoms with E-state index in [1.54, 1.807) is 18.2 Å². The van der Waals surface area contributed by atoms with Crippen LogP contribution in [0.4, 0.5) is 0 Å². The van der Waals surface area contributed by atoms with E-state index >= 15 is 0 Å². The summed E-state index contributed by atoms with van der Waals surface area (Å²) in [5, 5.41) is 9.50. The molecule has 3 aromatic rings. The first-order valence-electron chi connectivity index (χ1n) is 12.3. The van der Waals surface area contributed by atoms with Crippen molar-refractivity contribution in [1.29, 1.82) is 5.26 Å². The largest absolute Gasteiger partial charge is 0.422 e. The molecule has 176 valence electrons. The molecule has 1 aromatic heterocycles. The van der Waals surface area contributed by atoms with Crippen molar-refractivity contribution in [3.63, 3.8) is 0 Å². The molecule has 0 aliphatic carbocycles. The fraction of sp³-hybridized carbons (Fsp3) is 0.379. The minimum atomic E-state index is -0.495. The first-order chi connectivity index (χ1) is 16.6. The fourth-order valence-corrected chi connectivity index (χ4v) is 3.79. The second-order valence-corrected chi connectivity index (χ2v) is 8.59. The maximum absolute atomic E-state index is 12.7. The Balaban J connectivity index is 1.61. The van der Waals surface area contributed by atoms with E-state index in [1.165, 1.54) is 19.3 Å². The predicted octanol–water partition coefficient (Wildman–Crippen LogP) is 7.09. The summed E-state index contributed by atoms with van der Waals surface area (Å²) in [6.45, 7) is 4.37. The summed E-state index contributed by atoms with van der Waals surface area (Å²) in [5.41, 5.74) is 3.85. The molecule has 0 radical (unpaired) electrons. The zero-order valence-electron chi connectivity index (χ0n) is 20.2. The minimum Gasteiger partial charge on any atom is -0.422 e. The van der Waals surface area contributed by atoms with Crippen molar-refractivity contribution < 1.29 is 9.53 Å². The number of nitrogens with zero attached hydrogens (tertiary/aromatic N) is 3. The molecule has 34 heavy (non-hydrogen) atoms. The SMILES string of the molecule is CCCCCCc1cnc(-c2ccc(C(=O)Oc3ccc(CCCCC)cc3C#N)cc2)nc1. The van der Waals surface area contributed by atoms with Gasteiger partial charge in [-0.05, 0) is 61.1 Å². The van der Waals surface area contributed by atoms with Gasteiger partial charge in [0.1, 0.15) is 11.8 Å². The van der Waals surface area contributed by atoms with Crippen molar-refractivity contribution in [3.05, 3.63) is 77.1 Å². The second kappa shape index (κ2) is 13.3. The lowest BCUT2D eigenvalue weighted by molar-refractivity contribution is 0.0734. The number of esters is 1. The Morgan fingerprint density at radius 3 is 2.18 bits per heavy atom. The summed E-state index contributed by atoms with van der Waals surface area (Å²) in [5.74, 6) is 0.418. The maximum atomic E-state index is 12.7. The minimum absolute atomic E-state index is 0.286. The Morgan fingerprint density at radius 2 is 1.50 bits per heavy atom. The molecule has 0 atom stereocenters. The molecule has 0 unspecified atom stereocenters. The van der Waals surface area contributed by atoms with Crippen LogP contribution in [0.5, 0.6) is 5.75 Å². The Morgan fingerprint density at radius 1 is 0.853 bits per heavy atom. The van der Waals surface area contributed by atoms with Gasteiger partial charge < -0.3 is 4.74 Å². The van der Waals surface area contributed by atoms with Gasteiger partial charge in [-0.1, -0.05) is 64.2 Å². The Kier molecular flexibility index (Phi) is 9.79. The summed E-state index contributed by atoms with van der Waals surface area (Å²) in [6.07, 6.45) is 13.9. The van der Waals surface area contributed by atoms with E-state index in [0.717, 1.165) is 55.2 Å². The molecule has 1 heterocycles. The van der Waals surface area contributed by atoms with E-state index in [-0.39, 0.29) is 5.75 Å². The maximum Gasteiger partial charge on any atom is 0.343 e. The fourth-order valence-electron chi connectivity index (χ4n) is 3.79. The van der Waals surface area contributed by atoms with Gasteiger partial charge in [-0.2, -0.15) is 5.26 Å². The highest BCUT2D eigenvalue weighted by Crippen LogP contribution is 2.23. The summed E-state index contributed by atoms with van der Waals surface area (Å²) < 4.78 is 5.53. The molecule has 5 nitrogen and oxygen atoms in total. The number of benzene rings is 2. The van der Waals surface area contributed by atoms with E-state index in [2.05, 4.69) is 29.9 Å². The van der Waals surface area contributed by atoms with Crippen LogP contribution in [-0.4, -0.2) is 15.9 Å². The van der Waals surface area contributed by atoms with Gasteiger partial charge in [0, 0.05) is 18.0 Å². The standard InChI is InChI=1S/C29H33N3O2/c1-3-5-7-9-11-23-20-31-28(32-21-23)24-13-15-25(16-14-24)29(33)34-27-17-12-22(10-8-6-4-2)18-26(27)19-30/h12-18,20-21H,3-11H2,1-2H3. The number of hydrogen-bond acceptors (Lipinski definition) is 5. The highest BCUT2D eigenvalue weighted by molar-refractivity contribution is 5.91. The van der Waals surface area contributed by atoms with Crippen LogP contribution in [0.1, 0.15) is 85.8 Å². The van der Waals surface area contributed by atoms with Gasteiger partial charge in [-0.3, -0.25) is 0 Å². The molecular weight excluding hydrogens is 422 g/mol. The highest BCUT2D eigenvalue weighted by Gasteiger charge is 2.13. The molecule has 0 fully saturated rings. The van der Waals surface area contributed by atoms with Crippen LogP contribution >= 0.6 is 0 Å². The van der Waals surface area contributed by atoms with Crippen molar-refractivity contribution in [2.24, 2.45) is 0 Å². The average Bonchev–Trinajstić information content (AvgIpc) is 2.88. The topological polar surface area (TPSA) is 75.9 Å². The average molecular weight is 456 g/mol. The first kappa shape index (κ1) is 25.1. The van der Waals surface area contributed by atoms with Crippen LogP contribution in [0.25, 0.3) is 11.4 Å². The quantitative estimate of drug-likeness (QED) is 0.165. The van der Waals surface area contributed by atoms with Crippen LogP contribution in [0.2, 0.25) is 0 Å². The van der Waals surface area contributed by atoms with Gasteiger partial charge in [0.25, 0.3) is 0 Å². The van der Waals surface area contributed by atoms with Crippen LogP contribution in [-0.2, 0) is 12.8 Å². The summed E-state index contributed by atoms with van der Waals surface area (Å²) in [4.78, 5) is 21.6. The zero-order valence-corrected chi connectivity index (χ0v) is 20.2. The number of aromatic nitrogens is 2. The van der Waals surface area contributed by atoms with Gasteiger partial charge in [-0.15, -0.1) is 0 Å². The Bertz CT molecular complexity index is 1100. The van der Waals surface area contributed by atoms with Gasteiger partial charge in [-0.25, -0.2) is 14.8 Å². The number of carbonyl (C=O) groups excluding carboxylic acids is 1. The number of ether oxygens (including phenoxy) is 1. The van der Waals surface area contributed by atoms with Crippen LogP contribution in [0, 0.1) is 11.3 Å². The van der Waals surface area contributed by atoms with Gasteiger partial charge in [0.2, 0.25) is 0 Å². The molecule has 0 saturated heterocycles. The van der Waals surface area contributed by atoms with E-state index < -0.39 is 5.97 Å². The van der Waals surface area contributed by atoms with Crippen LogP contribution in [0.3, 0.4) is 0 Å². The molecule has 0 aliphatic rings. The molecule has 0 N–H and O–H groups in total. The molecular formula is C29H33N3O2. The first-order valence-corrected chi connectivity index (χ1v) is 12.3. The van der Waals surface area contributed by atoms with Crippen molar-refractivity contribution in [3.8, 4) is 23.2 Å². The molecule has 0 bridgehead atoms. The normalized spacial score (nSPS) is 10.6. The number of aryl methyl sites for hydroxylation is 2. The Hall–Kier alpha value is -3.52.